The molecule has 0 rings (SSSR count). The van der Waals surface area contributed by atoms with Gasteiger partial charge in [0.2, 0.25) is 0 Å². The standard InChI is InChI=1S/C59H110O6/c1-4-7-10-13-16-19-22-25-27-28-29-30-32-35-38-41-44-47-50-53-59(62)65-56(54-63-57(60)51-48-45-42-39-36-33-24-21-18-15-12-9-6-3)55-64-58(61)52-49-46-43-40-37-34-31-26-23-20-17-14-11-8-5-2/h25-27,31,56H,4-24,28-30,32-55H2,1-3H3/b27-25-,31-26-/t56-/m0/s1. The van der Waals surface area contributed by atoms with Gasteiger partial charge in [0.05, 0.1) is 0 Å². The maximum Gasteiger partial charge on any atom is 0.306 e. The third kappa shape index (κ3) is 52.7. The Labute approximate surface area is 404 Å². The van der Waals surface area contributed by atoms with Crippen LogP contribution in [0, 0.1) is 0 Å². The highest BCUT2D eigenvalue weighted by Crippen LogP contribution is 2.16. The Morgan fingerprint density at radius 3 is 0.769 bits per heavy atom. The number of hydrogen-bond acceptors (Lipinski definition) is 6. The average molecular weight is 916 g/mol. The Balaban J connectivity index is 4.33. The molecule has 6 nitrogen and oxygen atoms in total. The molecule has 65 heavy (non-hydrogen) atoms. The summed E-state index contributed by atoms with van der Waals surface area (Å²) in [6, 6.07) is 0. The Bertz CT molecular complexity index is 1050. The summed E-state index contributed by atoms with van der Waals surface area (Å²) in [7, 11) is 0. The summed E-state index contributed by atoms with van der Waals surface area (Å²) < 4.78 is 16.9. The predicted molar refractivity (Wildman–Crippen MR) is 279 cm³/mol. The lowest BCUT2D eigenvalue weighted by atomic mass is 10.0. The van der Waals surface area contributed by atoms with E-state index in [0.717, 1.165) is 64.2 Å². The van der Waals surface area contributed by atoms with Crippen LogP contribution >= 0.6 is 0 Å². The molecule has 0 heterocycles. The minimum Gasteiger partial charge on any atom is -0.462 e. The Morgan fingerprint density at radius 2 is 0.508 bits per heavy atom. The fourth-order valence-corrected chi connectivity index (χ4v) is 8.55. The van der Waals surface area contributed by atoms with Crippen LogP contribution < -0.4 is 0 Å². The van der Waals surface area contributed by atoms with E-state index in [1.165, 1.54) is 212 Å². The fourth-order valence-electron chi connectivity index (χ4n) is 8.55. The molecule has 0 aliphatic heterocycles. The summed E-state index contributed by atoms with van der Waals surface area (Å²) in [5.41, 5.74) is 0. The van der Waals surface area contributed by atoms with Crippen LogP contribution in [0.5, 0.6) is 0 Å². The van der Waals surface area contributed by atoms with Gasteiger partial charge in [0.1, 0.15) is 13.2 Å². The minimum atomic E-state index is -0.771. The lowest BCUT2D eigenvalue weighted by molar-refractivity contribution is -0.167. The van der Waals surface area contributed by atoms with Crippen molar-refractivity contribution in [3.63, 3.8) is 0 Å². The first-order valence-corrected chi connectivity index (χ1v) is 28.8. The number of rotatable bonds is 53. The molecule has 0 aliphatic rings. The van der Waals surface area contributed by atoms with Crippen molar-refractivity contribution in [2.24, 2.45) is 0 Å². The van der Waals surface area contributed by atoms with Crippen molar-refractivity contribution in [2.45, 2.75) is 322 Å². The Hall–Kier alpha value is -2.11. The molecule has 0 aliphatic carbocycles. The second-order valence-electron chi connectivity index (χ2n) is 19.6. The quantitative estimate of drug-likeness (QED) is 0.0262. The molecular formula is C59H110O6. The SMILES string of the molecule is CCCCCCCC/C=C\CCCCCCCCCCCC(=O)O[C@H](COC(=O)CCCCCCC/C=C\CCCCCCCC)COC(=O)CCCCCCCCCCCCCCC. The lowest BCUT2D eigenvalue weighted by Crippen LogP contribution is -2.30. The normalized spacial score (nSPS) is 12.1. The van der Waals surface area contributed by atoms with Crippen LogP contribution in [0.1, 0.15) is 316 Å². The van der Waals surface area contributed by atoms with Gasteiger partial charge in [-0.3, -0.25) is 14.4 Å². The van der Waals surface area contributed by atoms with E-state index < -0.39 is 6.10 Å². The number of allylic oxidation sites excluding steroid dienone is 4. The number of ether oxygens (including phenoxy) is 3. The molecule has 0 radical (unpaired) electrons. The molecule has 0 bridgehead atoms. The summed E-state index contributed by atoms with van der Waals surface area (Å²) in [5.74, 6) is -0.862. The highest BCUT2D eigenvalue weighted by Gasteiger charge is 2.19. The number of carbonyl (C=O) groups excluding carboxylic acids is 3. The third-order valence-corrected chi connectivity index (χ3v) is 12.9. The second kappa shape index (κ2) is 54.5. The first kappa shape index (κ1) is 62.9. The highest BCUT2D eigenvalue weighted by molar-refractivity contribution is 5.71. The van der Waals surface area contributed by atoms with Crippen molar-refractivity contribution in [2.75, 3.05) is 13.2 Å². The van der Waals surface area contributed by atoms with Crippen LogP contribution in [0.3, 0.4) is 0 Å². The molecule has 0 aromatic rings. The van der Waals surface area contributed by atoms with Gasteiger partial charge in [-0.2, -0.15) is 0 Å². The molecule has 0 saturated heterocycles. The van der Waals surface area contributed by atoms with E-state index in [-0.39, 0.29) is 31.1 Å². The molecule has 0 spiro atoms. The molecule has 0 aromatic heterocycles. The highest BCUT2D eigenvalue weighted by atomic mass is 16.6. The Morgan fingerprint density at radius 1 is 0.292 bits per heavy atom. The molecule has 0 fully saturated rings. The number of hydrogen-bond donors (Lipinski definition) is 0. The van der Waals surface area contributed by atoms with E-state index in [0.29, 0.717) is 19.3 Å². The van der Waals surface area contributed by atoms with Gasteiger partial charge >= 0.3 is 17.9 Å². The molecule has 0 amide bonds. The second-order valence-corrected chi connectivity index (χ2v) is 19.6. The number of carbonyl (C=O) groups is 3. The van der Waals surface area contributed by atoms with E-state index in [2.05, 4.69) is 45.1 Å². The smallest absolute Gasteiger partial charge is 0.306 e. The summed E-state index contributed by atoms with van der Waals surface area (Å²) >= 11 is 0. The molecule has 0 unspecified atom stereocenters. The van der Waals surface area contributed by atoms with Crippen LogP contribution in [0.4, 0.5) is 0 Å². The molecular weight excluding hydrogens is 805 g/mol. The molecule has 0 saturated carbocycles. The maximum absolute atomic E-state index is 12.9. The van der Waals surface area contributed by atoms with Crippen LogP contribution in [0.25, 0.3) is 0 Å². The molecule has 382 valence electrons. The van der Waals surface area contributed by atoms with Gasteiger partial charge < -0.3 is 14.2 Å². The van der Waals surface area contributed by atoms with Crippen molar-refractivity contribution in [3.05, 3.63) is 24.3 Å². The zero-order valence-electron chi connectivity index (χ0n) is 43.8. The van der Waals surface area contributed by atoms with Gasteiger partial charge in [0, 0.05) is 19.3 Å². The predicted octanol–water partition coefficient (Wildman–Crippen LogP) is 19.1. The monoisotopic (exact) mass is 915 g/mol. The topological polar surface area (TPSA) is 78.9 Å². The minimum absolute atomic E-state index is 0.0703. The zero-order valence-corrected chi connectivity index (χ0v) is 43.8. The summed E-state index contributed by atoms with van der Waals surface area (Å²) in [6.45, 7) is 6.66. The van der Waals surface area contributed by atoms with Gasteiger partial charge in [-0.05, 0) is 70.6 Å². The van der Waals surface area contributed by atoms with E-state index >= 15 is 0 Å². The lowest BCUT2D eigenvalue weighted by Gasteiger charge is -2.18. The summed E-state index contributed by atoms with van der Waals surface area (Å²) in [4.78, 5) is 38.1. The van der Waals surface area contributed by atoms with Gasteiger partial charge in [-0.1, -0.05) is 251 Å². The van der Waals surface area contributed by atoms with Crippen LogP contribution in [0.15, 0.2) is 24.3 Å². The number of unbranched alkanes of at least 4 members (excludes halogenated alkanes) is 38. The average Bonchev–Trinajstić information content (AvgIpc) is 3.30. The number of esters is 3. The maximum atomic E-state index is 12.9. The molecule has 0 N–H and O–H groups in total. The van der Waals surface area contributed by atoms with Crippen molar-refractivity contribution in [1.82, 2.24) is 0 Å². The summed E-state index contributed by atoms with van der Waals surface area (Å²) in [5, 5.41) is 0. The van der Waals surface area contributed by atoms with Gasteiger partial charge in [-0.25, -0.2) is 0 Å². The first-order chi connectivity index (χ1) is 32.0. The van der Waals surface area contributed by atoms with E-state index in [1.54, 1.807) is 0 Å². The van der Waals surface area contributed by atoms with Crippen LogP contribution in [-0.2, 0) is 28.6 Å². The van der Waals surface area contributed by atoms with Crippen molar-refractivity contribution in [1.29, 1.82) is 0 Å². The van der Waals surface area contributed by atoms with Gasteiger partial charge in [0.25, 0.3) is 0 Å². The van der Waals surface area contributed by atoms with E-state index in [1.807, 2.05) is 0 Å². The molecule has 0 aromatic carbocycles. The molecule has 6 heteroatoms. The molecule has 1 atom stereocenters. The Kier molecular flexibility index (Phi) is 52.7. The van der Waals surface area contributed by atoms with Crippen LogP contribution in [0.2, 0.25) is 0 Å². The van der Waals surface area contributed by atoms with Gasteiger partial charge in [0.15, 0.2) is 6.10 Å². The summed E-state index contributed by atoms with van der Waals surface area (Å²) in [6.07, 6.45) is 63.1. The van der Waals surface area contributed by atoms with Crippen molar-refractivity contribution >= 4 is 17.9 Å². The zero-order chi connectivity index (χ0) is 47.2. The largest absolute Gasteiger partial charge is 0.462 e. The van der Waals surface area contributed by atoms with Crippen molar-refractivity contribution in [3.8, 4) is 0 Å². The van der Waals surface area contributed by atoms with Gasteiger partial charge in [-0.15, -0.1) is 0 Å². The van der Waals surface area contributed by atoms with Crippen LogP contribution in [-0.4, -0.2) is 37.2 Å². The van der Waals surface area contributed by atoms with Crippen molar-refractivity contribution < 1.29 is 28.6 Å². The third-order valence-electron chi connectivity index (χ3n) is 12.9. The first-order valence-electron chi connectivity index (χ1n) is 28.8. The van der Waals surface area contributed by atoms with E-state index in [9.17, 15) is 14.4 Å². The fraction of sp³-hybridized carbons (Fsp3) is 0.881. The van der Waals surface area contributed by atoms with E-state index in [4.69, 9.17) is 14.2 Å².